The monoisotopic (exact) mass is 217 g/mol. The van der Waals surface area contributed by atoms with Gasteiger partial charge < -0.3 is 15.1 Å². The first-order chi connectivity index (χ1) is 7.79. The molecule has 0 fully saturated rings. The summed E-state index contributed by atoms with van der Waals surface area (Å²) in [5.41, 5.74) is 8.71. The van der Waals surface area contributed by atoms with Gasteiger partial charge in [0.15, 0.2) is 0 Å². The van der Waals surface area contributed by atoms with Crippen molar-refractivity contribution in [2.75, 3.05) is 11.9 Å². The van der Waals surface area contributed by atoms with Crippen molar-refractivity contribution in [3.8, 4) is 0 Å². The number of rotatable bonds is 4. The largest absolute Gasteiger partial charge is 0.472 e. The highest BCUT2D eigenvalue weighted by molar-refractivity contribution is 5.46. The van der Waals surface area contributed by atoms with Crippen LogP contribution in [0.15, 0.2) is 41.3 Å². The number of furan rings is 1. The van der Waals surface area contributed by atoms with Crippen molar-refractivity contribution in [1.29, 1.82) is 0 Å². The van der Waals surface area contributed by atoms with E-state index in [1.54, 1.807) is 18.7 Å². The van der Waals surface area contributed by atoms with Gasteiger partial charge in [0, 0.05) is 37.6 Å². The molecule has 4 heteroatoms. The van der Waals surface area contributed by atoms with Gasteiger partial charge in [-0.2, -0.15) is 0 Å². The second-order valence-electron chi connectivity index (χ2n) is 3.70. The molecule has 2 N–H and O–H groups in total. The molecule has 2 aromatic heterocycles. The predicted octanol–water partition coefficient (Wildman–Crippen LogP) is 1.77. The zero-order valence-corrected chi connectivity index (χ0v) is 9.26. The summed E-state index contributed by atoms with van der Waals surface area (Å²) in [6.45, 7) is 1.28. The van der Waals surface area contributed by atoms with Crippen LogP contribution in [0, 0.1) is 0 Å². The van der Waals surface area contributed by atoms with E-state index in [4.69, 9.17) is 10.2 Å². The Morgan fingerprint density at radius 2 is 2.31 bits per heavy atom. The molecule has 0 aliphatic heterocycles. The molecule has 4 nitrogen and oxygen atoms in total. The van der Waals surface area contributed by atoms with Crippen LogP contribution in [-0.2, 0) is 13.1 Å². The Hall–Kier alpha value is -1.81. The molecule has 84 valence electrons. The molecule has 0 aliphatic carbocycles. The Morgan fingerprint density at radius 1 is 1.44 bits per heavy atom. The van der Waals surface area contributed by atoms with Crippen LogP contribution in [0.3, 0.4) is 0 Å². The molecule has 2 aromatic rings. The zero-order chi connectivity index (χ0) is 11.4. The van der Waals surface area contributed by atoms with E-state index in [2.05, 4.69) is 9.88 Å². The molecule has 0 amide bonds. The van der Waals surface area contributed by atoms with Crippen LogP contribution >= 0.6 is 0 Å². The fourth-order valence-corrected chi connectivity index (χ4v) is 1.56. The summed E-state index contributed by atoms with van der Waals surface area (Å²) in [5, 5.41) is 0. The number of nitrogens with two attached hydrogens (primary N) is 1. The summed E-state index contributed by atoms with van der Waals surface area (Å²) in [6.07, 6.45) is 5.21. The molecule has 0 aromatic carbocycles. The first-order valence-electron chi connectivity index (χ1n) is 5.17. The van der Waals surface area contributed by atoms with Gasteiger partial charge in [-0.15, -0.1) is 0 Å². The fourth-order valence-electron chi connectivity index (χ4n) is 1.56. The quantitative estimate of drug-likeness (QED) is 0.848. The zero-order valence-electron chi connectivity index (χ0n) is 9.26. The Kier molecular flexibility index (Phi) is 3.22. The number of anilines is 1. The minimum Gasteiger partial charge on any atom is -0.472 e. The number of aromatic nitrogens is 1. The van der Waals surface area contributed by atoms with Crippen molar-refractivity contribution in [3.05, 3.63) is 48.2 Å². The summed E-state index contributed by atoms with van der Waals surface area (Å²) in [7, 11) is 2.03. The average molecular weight is 217 g/mol. The minimum atomic E-state index is 0.466. The Morgan fingerprint density at radius 3 is 3.00 bits per heavy atom. The Bertz CT molecular complexity index is 439. The Labute approximate surface area is 94.7 Å². The molecular formula is C12H15N3O. The molecule has 2 rings (SSSR count). The summed E-state index contributed by atoms with van der Waals surface area (Å²) < 4.78 is 5.04. The van der Waals surface area contributed by atoms with Crippen LogP contribution in [0.1, 0.15) is 11.3 Å². The summed E-state index contributed by atoms with van der Waals surface area (Å²) >= 11 is 0. The van der Waals surface area contributed by atoms with Crippen LogP contribution in [0.4, 0.5) is 5.69 Å². The first kappa shape index (κ1) is 10.7. The van der Waals surface area contributed by atoms with Crippen molar-refractivity contribution >= 4 is 5.69 Å². The Balaban J connectivity index is 2.11. The lowest BCUT2D eigenvalue weighted by atomic mass is 10.2. The van der Waals surface area contributed by atoms with E-state index in [-0.39, 0.29) is 0 Å². The lowest BCUT2D eigenvalue weighted by Gasteiger charge is -2.18. The van der Waals surface area contributed by atoms with Crippen molar-refractivity contribution in [3.63, 3.8) is 0 Å². The molecular weight excluding hydrogens is 202 g/mol. The van der Waals surface area contributed by atoms with Gasteiger partial charge >= 0.3 is 0 Å². The smallest absolute Gasteiger partial charge is 0.0952 e. The molecule has 0 saturated heterocycles. The maximum absolute atomic E-state index is 5.56. The van der Waals surface area contributed by atoms with E-state index in [1.807, 2.05) is 25.2 Å². The van der Waals surface area contributed by atoms with E-state index in [0.717, 1.165) is 23.5 Å². The van der Waals surface area contributed by atoms with Crippen LogP contribution in [-0.4, -0.2) is 12.0 Å². The van der Waals surface area contributed by atoms with Crippen LogP contribution in [0.5, 0.6) is 0 Å². The first-order valence-corrected chi connectivity index (χ1v) is 5.17. The molecule has 0 radical (unpaired) electrons. The fraction of sp³-hybridized carbons (Fsp3) is 0.250. The van der Waals surface area contributed by atoms with E-state index >= 15 is 0 Å². The predicted molar refractivity (Wildman–Crippen MR) is 62.9 cm³/mol. The van der Waals surface area contributed by atoms with Crippen molar-refractivity contribution < 1.29 is 4.42 Å². The van der Waals surface area contributed by atoms with Gasteiger partial charge in [-0.1, -0.05) is 0 Å². The highest BCUT2D eigenvalue weighted by atomic mass is 16.3. The molecule has 0 unspecified atom stereocenters. The molecule has 0 atom stereocenters. The molecule has 0 saturated carbocycles. The lowest BCUT2D eigenvalue weighted by Crippen LogP contribution is -2.16. The average Bonchev–Trinajstić information content (AvgIpc) is 2.82. The van der Waals surface area contributed by atoms with Gasteiger partial charge in [0.25, 0.3) is 0 Å². The number of hydrogen-bond donors (Lipinski definition) is 1. The SMILES string of the molecule is CN(Cc1ccoc1)c1ccnc(CN)c1. The number of hydrogen-bond acceptors (Lipinski definition) is 4. The van der Waals surface area contributed by atoms with Gasteiger partial charge in [-0.3, -0.25) is 4.98 Å². The topological polar surface area (TPSA) is 55.3 Å². The van der Waals surface area contributed by atoms with Crippen LogP contribution in [0.25, 0.3) is 0 Å². The molecule has 2 heterocycles. The lowest BCUT2D eigenvalue weighted by molar-refractivity contribution is 0.563. The molecule has 0 spiro atoms. The third-order valence-electron chi connectivity index (χ3n) is 2.45. The summed E-state index contributed by atoms with van der Waals surface area (Å²) in [5.74, 6) is 0. The molecule has 16 heavy (non-hydrogen) atoms. The van der Waals surface area contributed by atoms with Gasteiger partial charge in [0.2, 0.25) is 0 Å². The van der Waals surface area contributed by atoms with Gasteiger partial charge in [0.05, 0.1) is 18.2 Å². The van der Waals surface area contributed by atoms with Gasteiger partial charge in [-0.25, -0.2) is 0 Å². The second kappa shape index (κ2) is 4.81. The maximum Gasteiger partial charge on any atom is 0.0952 e. The molecule has 0 bridgehead atoms. The van der Waals surface area contributed by atoms with E-state index in [0.29, 0.717) is 6.54 Å². The van der Waals surface area contributed by atoms with Gasteiger partial charge in [-0.05, 0) is 18.2 Å². The highest BCUT2D eigenvalue weighted by Gasteiger charge is 2.04. The second-order valence-corrected chi connectivity index (χ2v) is 3.70. The van der Waals surface area contributed by atoms with Crippen molar-refractivity contribution in [1.82, 2.24) is 4.98 Å². The van der Waals surface area contributed by atoms with E-state index in [9.17, 15) is 0 Å². The highest BCUT2D eigenvalue weighted by Crippen LogP contribution is 2.15. The van der Waals surface area contributed by atoms with Crippen LogP contribution < -0.4 is 10.6 Å². The maximum atomic E-state index is 5.56. The summed E-state index contributed by atoms with van der Waals surface area (Å²) in [4.78, 5) is 6.30. The van der Waals surface area contributed by atoms with E-state index in [1.165, 1.54) is 0 Å². The number of nitrogens with zero attached hydrogens (tertiary/aromatic N) is 2. The van der Waals surface area contributed by atoms with Crippen molar-refractivity contribution in [2.45, 2.75) is 13.1 Å². The standard InChI is InChI=1S/C12H15N3O/c1-15(8-10-3-5-16-9-10)12-2-4-14-11(6-12)7-13/h2-6,9H,7-8,13H2,1H3. The van der Waals surface area contributed by atoms with Crippen LogP contribution in [0.2, 0.25) is 0 Å². The van der Waals surface area contributed by atoms with Crippen molar-refractivity contribution in [2.24, 2.45) is 5.73 Å². The summed E-state index contributed by atoms with van der Waals surface area (Å²) in [6, 6.07) is 5.93. The third kappa shape index (κ3) is 2.41. The normalized spacial score (nSPS) is 10.4. The van der Waals surface area contributed by atoms with Gasteiger partial charge in [0.1, 0.15) is 0 Å². The molecule has 0 aliphatic rings. The third-order valence-corrected chi connectivity index (χ3v) is 2.45. The number of pyridine rings is 1. The minimum absolute atomic E-state index is 0.466. The van der Waals surface area contributed by atoms with E-state index < -0.39 is 0 Å².